The number of nitrogens with one attached hydrogen (secondary N) is 2. The van der Waals surface area contributed by atoms with Gasteiger partial charge in [-0.15, -0.1) is 0 Å². The molecule has 5 N–H and O–H groups in total. The van der Waals surface area contributed by atoms with Crippen molar-refractivity contribution in [3.8, 4) is 11.8 Å². The van der Waals surface area contributed by atoms with Gasteiger partial charge in [0.05, 0.1) is 31.8 Å². The zero-order valence-electron chi connectivity index (χ0n) is 21.2. The molecule has 4 aromatic rings. The Morgan fingerprint density at radius 3 is 2.67 bits per heavy atom. The summed E-state index contributed by atoms with van der Waals surface area (Å²) in [5, 5.41) is 24.0. The van der Waals surface area contributed by atoms with E-state index in [9.17, 15) is 0 Å². The van der Waals surface area contributed by atoms with Gasteiger partial charge in [-0.25, -0.2) is 4.98 Å². The SMILES string of the molecule is CCCCNc1nc(N)nc2c3ccccc3n(Cc3cc(CNCC#N)ccc3OC)c12.CCO. The first-order valence-electron chi connectivity index (χ1n) is 12.2. The largest absolute Gasteiger partial charge is 0.496 e. The number of fused-ring (bicyclic) bond motifs is 3. The predicted octanol–water partition coefficient (Wildman–Crippen LogP) is 4.05. The van der Waals surface area contributed by atoms with Crippen molar-refractivity contribution < 1.29 is 9.84 Å². The molecule has 0 aliphatic carbocycles. The number of benzene rings is 2. The van der Waals surface area contributed by atoms with Gasteiger partial charge in [0.1, 0.15) is 16.8 Å². The van der Waals surface area contributed by atoms with Crippen LogP contribution in [-0.2, 0) is 13.1 Å². The average Bonchev–Trinajstić information content (AvgIpc) is 3.18. The van der Waals surface area contributed by atoms with E-state index in [0.29, 0.717) is 19.6 Å². The molecule has 2 aromatic carbocycles. The van der Waals surface area contributed by atoms with E-state index in [1.54, 1.807) is 14.0 Å². The van der Waals surface area contributed by atoms with E-state index in [0.717, 1.165) is 64.0 Å². The number of para-hydroxylation sites is 1. The number of unbranched alkanes of at least 4 members (excludes halogenated alkanes) is 1. The van der Waals surface area contributed by atoms with Crippen LogP contribution in [0.15, 0.2) is 42.5 Å². The van der Waals surface area contributed by atoms with Gasteiger partial charge in [-0.1, -0.05) is 37.6 Å². The van der Waals surface area contributed by atoms with Crippen molar-refractivity contribution in [1.82, 2.24) is 19.9 Å². The van der Waals surface area contributed by atoms with Crippen LogP contribution >= 0.6 is 0 Å². The van der Waals surface area contributed by atoms with Gasteiger partial charge in [0.15, 0.2) is 5.82 Å². The zero-order valence-corrected chi connectivity index (χ0v) is 21.2. The fourth-order valence-electron chi connectivity index (χ4n) is 4.11. The molecule has 0 atom stereocenters. The quantitative estimate of drug-likeness (QED) is 0.194. The Kier molecular flexibility index (Phi) is 9.86. The van der Waals surface area contributed by atoms with E-state index in [1.807, 2.05) is 24.3 Å². The van der Waals surface area contributed by atoms with E-state index in [2.05, 4.69) is 56.4 Å². The van der Waals surface area contributed by atoms with Crippen molar-refractivity contribution >= 4 is 33.7 Å². The second-order valence-electron chi connectivity index (χ2n) is 8.24. The highest BCUT2D eigenvalue weighted by Crippen LogP contribution is 2.34. The van der Waals surface area contributed by atoms with E-state index in [4.69, 9.17) is 20.8 Å². The number of anilines is 2. The minimum Gasteiger partial charge on any atom is -0.496 e. The molecule has 9 heteroatoms. The Morgan fingerprint density at radius 2 is 1.94 bits per heavy atom. The van der Waals surface area contributed by atoms with Gasteiger partial charge in [-0.3, -0.25) is 0 Å². The van der Waals surface area contributed by atoms with Crippen LogP contribution in [0, 0.1) is 11.3 Å². The summed E-state index contributed by atoms with van der Waals surface area (Å²) in [6.07, 6.45) is 2.13. The van der Waals surface area contributed by atoms with Crippen LogP contribution < -0.4 is 21.1 Å². The molecule has 2 aromatic heterocycles. The number of nitriles is 1. The lowest BCUT2D eigenvalue weighted by atomic mass is 10.1. The summed E-state index contributed by atoms with van der Waals surface area (Å²) in [6, 6.07) is 16.4. The number of nitrogens with two attached hydrogens (primary N) is 1. The maximum Gasteiger partial charge on any atom is 0.222 e. The molecule has 190 valence electrons. The summed E-state index contributed by atoms with van der Waals surface area (Å²) in [6.45, 7) is 6.40. The molecule has 0 aliphatic heterocycles. The van der Waals surface area contributed by atoms with E-state index in [1.165, 1.54) is 0 Å². The van der Waals surface area contributed by atoms with Crippen LogP contribution in [0.5, 0.6) is 5.75 Å². The fraction of sp³-hybridized carbons (Fsp3) is 0.370. The van der Waals surface area contributed by atoms with E-state index >= 15 is 0 Å². The van der Waals surface area contributed by atoms with Crippen LogP contribution in [-0.4, -0.2) is 46.4 Å². The summed E-state index contributed by atoms with van der Waals surface area (Å²) < 4.78 is 7.90. The zero-order chi connectivity index (χ0) is 25.9. The molecule has 9 nitrogen and oxygen atoms in total. The molecular weight excluding hydrogens is 454 g/mol. The molecule has 0 saturated heterocycles. The molecular formula is C27H35N7O2. The van der Waals surface area contributed by atoms with Crippen molar-refractivity contribution in [2.75, 3.05) is 37.9 Å². The predicted molar refractivity (Wildman–Crippen MR) is 145 cm³/mol. The van der Waals surface area contributed by atoms with Crippen LogP contribution in [0.3, 0.4) is 0 Å². The number of hydrogen-bond acceptors (Lipinski definition) is 8. The highest BCUT2D eigenvalue weighted by molar-refractivity contribution is 6.09. The standard InChI is InChI=1S/C25H29N7O.C2H6O/c1-3-4-12-29-24-23-22(30-25(27)31-24)19-7-5-6-8-20(19)32(23)16-18-14-17(15-28-13-11-26)9-10-21(18)33-2;1-2-3/h5-10,14,28H,3-4,12-13,15-16H2,1-2H3,(H3,27,29,30,31);3H,2H2,1H3. The Bertz CT molecular complexity index is 1330. The Balaban J connectivity index is 0.00000115. The van der Waals surface area contributed by atoms with E-state index in [-0.39, 0.29) is 12.6 Å². The Morgan fingerprint density at radius 1 is 1.17 bits per heavy atom. The van der Waals surface area contributed by atoms with Crippen molar-refractivity contribution in [2.24, 2.45) is 0 Å². The molecule has 0 unspecified atom stereocenters. The summed E-state index contributed by atoms with van der Waals surface area (Å²) in [5.74, 6) is 1.81. The van der Waals surface area contributed by atoms with Crippen LogP contribution in [0.25, 0.3) is 21.9 Å². The molecule has 0 aliphatic rings. The number of nitrogen functional groups attached to an aromatic ring is 1. The summed E-state index contributed by atoms with van der Waals surface area (Å²) in [5.41, 5.74) is 11.0. The number of ether oxygens (including phenoxy) is 1. The molecule has 0 radical (unpaired) electrons. The average molecular weight is 490 g/mol. The second kappa shape index (κ2) is 13.3. The highest BCUT2D eigenvalue weighted by Gasteiger charge is 2.19. The summed E-state index contributed by atoms with van der Waals surface area (Å²) in [7, 11) is 1.68. The third-order valence-corrected chi connectivity index (χ3v) is 5.65. The highest BCUT2D eigenvalue weighted by atomic mass is 16.5. The summed E-state index contributed by atoms with van der Waals surface area (Å²) in [4.78, 5) is 9.14. The minimum absolute atomic E-state index is 0.250. The number of methoxy groups -OCH3 is 1. The number of hydrogen-bond donors (Lipinski definition) is 4. The molecule has 0 fully saturated rings. The Labute approximate surface area is 211 Å². The van der Waals surface area contributed by atoms with Gasteiger partial charge >= 0.3 is 0 Å². The smallest absolute Gasteiger partial charge is 0.222 e. The number of nitrogens with zero attached hydrogens (tertiary/aromatic N) is 4. The number of aliphatic hydroxyl groups excluding tert-OH is 1. The van der Waals surface area contributed by atoms with Gasteiger partial charge in [-0.05, 0) is 37.1 Å². The van der Waals surface area contributed by atoms with Crippen molar-refractivity contribution in [3.05, 3.63) is 53.6 Å². The molecule has 2 heterocycles. The minimum atomic E-state index is 0.250. The first-order chi connectivity index (χ1) is 17.6. The second-order valence-corrected chi connectivity index (χ2v) is 8.24. The molecule has 0 spiro atoms. The summed E-state index contributed by atoms with van der Waals surface area (Å²) >= 11 is 0. The van der Waals surface area contributed by atoms with Gasteiger partial charge in [0.25, 0.3) is 0 Å². The lowest BCUT2D eigenvalue weighted by Crippen LogP contribution is -2.13. The van der Waals surface area contributed by atoms with Crippen molar-refractivity contribution in [1.29, 1.82) is 5.26 Å². The van der Waals surface area contributed by atoms with Gasteiger partial charge in [0, 0.05) is 30.6 Å². The molecule has 0 saturated carbocycles. The van der Waals surface area contributed by atoms with Gasteiger partial charge in [-0.2, -0.15) is 10.2 Å². The van der Waals surface area contributed by atoms with Crippen LogP contribution in [0.1, 0.15) is 37.8 Å². The maximum absolute atomic E-state index is 8.81. The number of aliphatic hydroxyl groups is 1. The monoisotopic (exact) mass is 489 g/mol. The molecule has 0 bridgehead atoms. The Hall–Kier alpha value is -3.87. The van der Waals surface area contributed by atoms with Crippen molar-refractivity contribution in [3.63, 3.8) is 0 Å². The molecule has 36 heavy (non-hydrogen) atoms. The third-order valence-electron chi connectivity index (χ3n) is 5.65. The first-order valence-corrected chi connectivity index (χ1v) is 12.2. The lowest BCUT2D eigenvalue weighted by Gasteiger charge is -2.15. The number of aromatic nitrogens is 3. The van der Waals surface area contributed by atoms with Gasteiger partial charge in [0.2, 0.25) is 5.95 Å². The topological polar surface area (TPSA) is 134 Å². The molecule has 0 amide bonds. The van der Waals surface area contributed by atoms with Gasteiger partial charge < -0.3 is 30.8 Å². The number of rotatable bonds is 10. The third kappa shape index (κ3) is 6.22. The normalized spacial score (nSPS) is 10.6. The maximum atomic E-state index is 8.81. The van der Waals surface area contributed by atoms with Crippen molar-refractivity contribution in [2.45, 2.75) is 39.8 Å². The van der Waals surface area contributed by atoms with E-state index < -0.39 is 0 Å². The lowest BCUT2D eigenvalue weighted by molar-refractivity contribution is 0.318. The van der Waals surface area contributed by atoms with Crippen LogP contribution in [0.2, 0.25) is 0 Å². The van der Waals surface area contributed by atoms with Crippen LogP contribution in [0.4, 0.5) is 11.8 Å². The molecule has 4 rings (SSSR count). The first kappa shape index (κ1) is 26.7. The fourth-order valence-corrected chi connectivity index (χ4v) is 4.11.